The van der Waals surface area contributed by atoms with Crippen LogP contribution in [0.15, 0.2) is 42.5 Å². The molecule has 1 amide bonds. The van der Waals surface area contributed by atoms with E-state index in [-0.39, 0.29) is 11.7 Å². The van der Waals surface area contributed by atoms with Gasteiger partial charge in [-0.1, -0.05) is 23.7 Å². The van der Waals surface area contributed by atoms with Crippen LogP contribution in [-0.4, -0.2) is 26.6 Å². The average Bonchev–Trinajstić information content (AvgIpc) is 2.62. The fourth-order valence-corrected chi connectivity index (χ4v) is 4.29. The van der Waals surface area contributed by atoms with Crippen molar-refractivity contribution in [3.05, 3.63) is 58.6 Å². The topological polar surface area (TPSA) is 66.5 Å². The average molecular weight is 379 g/mol. The monoisotopic (exact) mass is 378 g/mol. The molecule has 0 spiro atoms. The first-order chi connectivity index (χ1) is 11.9. The molecule has 0 unspecified atom stereocenters. The molecule has 0 aromatic heterocycles. The Morgan fingerprint density at radius 1 is 1.24 bits per heavy atom. The highest BCUT2D eigenvalue weighted by molar-refractivity contribution is 7.92. The molecule has 0 radical (unpaired) electrons. The first-order valence-corrected chi connectivity index (χ1v) is 10.1. The Bertz CT molecular complexity index is 912. The van der Waals surface area contributed by atoms with Crippen LogP contribution in [-0.2, 0) is 16.4 Å². The van der Waals surface area contributed by atoms with Gasteiger partial charge in [-0.3, -0.25) is 9.10 Å². The number of sulfonamides is 1. The van der Waals surface area contributed by atoms with Crippen LogP contribution in [0, 0.1) is 0 Å². The second kappa shape index (κ2) is 7.06. The summed E-state index contributed by atoms with van der Waals surface area (Å²) >= 11 is 6.07. The molecule has 0 bridgehead atoms. The third-order valence-corrected chi connectivity index (χ3v) is 6.35. The molecule has 0 atom stereocenters. The zero-order chi connectivity index (χ0) is 18.0. The molecule has 1 aliphatic heterocycles. The van der Waals surface area contributed by atoms with Gasteiger partial charge in [-0.2, -0.15) is 0 Å². The third-order valence-electron chi connectivity index (χ3n) is 4.24. The predicted molar refractivity (Wildman–Crippen MR) is 101 cm³/mol. The van der Waals surface area contributed by atoms with Gasteiger partial charge in [0, 0.05) is 12.1 Å². The first-order valence-electron chi connectivity index (χ1n) is 8.11. The summed E-state index contributed by atoms with van der Waals surface area (Å²) in [4.78, 5) is 12.5. The van der Waals surface area contributed by atoms with E-state index in [1.165, 1.54) is 4.31 Å². The standard InChI is InChI=1S/C18H19ClN2O3S/c1-2-25(23,24)21-11-5-6-13-12-14(9-10-17(13)21)18(22)20-16-8-4-3-7-15(16)19/h3-4,7-10,12H,2,5-6,11H2,1H3,(H,20,22). The van der Waals surface area contributed by atoms with Crippen LogP contribution in [0.25, 0.3) is 0 Å². The molecule has 0 aliphatic carbocycles. The maximum absolute atomic E-state index is 12.5. The second-order valence-corrected chi connectivity index (χ2v) is 8.44. The molecular weight excluding hydrogens is 360 g/mol. The van der Waals surface area contributed by atoms with Crippen molar-refractivity contribution in [2.45, 2.75) is 19.8 Å². The summed E-state index contributed by atoms with van der Waals surface area (Å²) in [6, 6.07) is 12.1. The molecule has 3 rings (SSSR count). The van der Waals surface area contributed by atoms with Gasteiger partial charge in [-0.25, -0.2) is 8.42 Å². The maximum Gasteiger partial charge on any atom is 0.255 e. The highest BCUT2D eigenvalue weighted by Gasteiger charge is 2.26. The third kappa shape index (κ3) is 3.65. The van der Waals surface area contributed by atoms with Crippen molar-refractivity contribution < 1.29 is 13.2 Å². The number of aryl methyl sites for hydroxylation is 1. The lowest BCUT2D eigenvalue weighted by Gasteiger charge is -2.30. The molecule has 132 valence electrons. The van der Waals surface area contributed by atoms with Crippen molar-refractivity contribution in [2.24, 2.45) is 0 Å². The van der Waals surface area contributed by atoms with E-state index >= 15 is 0 Å². The highest BCUT2D eigenvalue weighted by Crippen LogP contribution is 2.31. The summed E-state index contributed by atoms with van der Waals surface area (Å²) < 4.78 is 25.9. The van der Waals surface area contributed by atoms with Crippen molar-refractivity contribution in [2.75, 3.05) is 21.9 Å². The fraction of sp³-hybridized carbons (Fsp3) is 0.278. The van der Waals surface area contributed by atoms with Crippen LogP contribution < -0.4 is 9.62 Å². The van der Waals surface area contributed by atoms with E-state index in [0.29, 0.717) is 28.5 Å². The molecule has 5 nitrogen and oxygen atoms in total. The number of carbonyl (C=O) groups is 1. The van der Waals surface area contributed by atoms with E-state index in [0.717, 1.165) is 18.4 Å². The van der Waals surface area contributed by atoms with Crippen LogP contribution in [0.1, 0.15) is 29.3 Å². The van der Waals surface area contributed by atoms with E-state index in [9.17, 15) is 13.2 Å². The first kappa shape index (κ1) is 17.8. The maximum atomic E-state index is 12.5. The van der Waals surface area contributed by atoms with E-state index in [2.05, 4.69) is 5.32 Å². The van der Waals surface area contributed by atoms with Gasteiger partial charge in [-0.05, 0) is 55.7 Å². The van der Waals surface area contributed by atoms with Gasteiger partial charge in [0.1, 0.15) is 0 Å². The molecular formula is C18H19ClN2O3S. The number of benzene rings is 2. The Balaban J connectivity index is 1.88. The lowest BCUT2D eigenvalue weighted by Crippen LogP contribution is -2.36. The van der Waals surface area contributed by atoms with E-state index in [1.54, 1.807) is 49.4 Å². The van der Waals surface area contributed by atoms with E-state index < -0.39 is 10.0 Å². The number of halogens is 1. The van der Waals surface area contributed by atoms with Crippen molar-refractivity contribution in [1.29, 1.82) is 0 Å². The molecule has 1 aliphatic rings. The molecule has 2 aromatic carbocycles. The minimum Gasteiger partial charge on any atom is -0.321 e. The number of fused-ring (bicyclic) bond motifs is 1. The van der Waals surface area contributed by atoms with Gasteiger partial charge in [0.2, 0.25) is 10.0 Å². The highest BCUT2D eigenvalue weighted by atomic mass is 35.5. The van der Waals surface area contributed by atoms with Crippen LogP contribution in [0.2, 0.25) is 5.02 Å². The van der Waals surface area contributed by atoms with Crippen LogP contribution in [0.4, 0.5) is 11.4 Å². The fourth-order valence-electron chi connectivity index (χ4n) is 2.91. The SMILES string of the molecule is CCS(=O)(=O)N1CCCc2cc(C(=O)Nc3ccccc3Cl)ccc21. The molecule has 0 fully saturated rings. The smallest absolute Gasteiger partial charge is 0.255 e. The summed E-state index contributed by atoms with van der Waals surface area (Å²) in [5, 5.41) is 3.25. The zero-order valence-electron chi connectivity index (χ0n) is 13.8. The van der Waals surface area contributed by atoms with Gasteiger partial charge >= 0.3 is 0 Å². The number of carbonyl (C=O) groups excluding carboxylic acids is 1. The number of rotatable bonds is 4. The quantitative estimate of drug-likeness (QED) is 0.882. The summed E-state index contributed by atoms with van der Waals surface area (Å²) in [5.74, 6) is -0.215. The molecule has 1 heterocycles. The second-order valence-electron chi connectivity index (χ2n) is 5.85. The summed E-state index contributed by atoms with van der Waals surface area (Å²) in [6.45, 7) is 2.11. The minimum atomic E-state index is -3.31. The summed E-state index contributed by atoms with van der Waals surface area (Å²) in [5.41, 5.74) is 2.56. The number of nitrogens with zero attached hydrogens (tertiary/aromatic N) is 1. The molecule has 25 heavy (non-hydrogen) atoms. The largest absolute Gasteiger partial charge is 0.321 e. The number of hydrogen-bond acceptors (Lipinski definition) is 3. The summed E-state index contributed by atoms with van der Waals surface area (Å²) in [7, 11) is -3.31. The molecule has 7 heteroatoms. The number of nitrogens with one attached hydrogen (secondary N) is 1. The number of para-hydroxylation sites is 1. The van der Waals surface area contributed by atoms with Crippen LogP contribution >= 0.6 is 11.6 Å². The molecule has 0 saturated heterocycles. The number of anilines is 2. The predicted octanol–water partition coefficient (Wildman–Crippen LogP) is 3.69. The molecule has 2 aromatic rings. The van der Waals surface area contributed by atoms with Gasteiger partial charge in [0.15, 0.2) is 0 Å². The molecule has 1 N–H and O–H groups in total. The summed E-state index contributed by atoms with van der Waals surface area (Å²) in [6.07, 6.45) is 1.49. The normalized spacial score (nSPS) is 14.1. The number of hydrogen-bond donors (Lipinski definition) is 1. The Labute approximate surface area is 152 Å². The van der Waals surface area contributed by atoms with Crippen LogP contribution in [0.5, 0.6) is 0 Å². The van der Waals surface area contributed by atoms with Crippen molar-refractivity contribution in [1.82, 2.24) is 0 Å². The van der Waals surface area contributed by atoms with Crippen LogP contribution in [0.3, 0.4) is 0 Å². The lowest BCUT2D eigenvalue weighted by molar-refractivity contribution is 0.102. The van der Waals surface area contributed by atoms with Gasteiger partial charge in [0.05, 0.1) is 22.2 Å². The minimum absolute atomic E-state index is 0.0567. The van der Waals surface area contributed by atoms with Gasteiger partial charge in [-0.15, -0.1) is 0 Å². The van der Waals surface area contributed by atoms with E-state index in [1.807, 2.05) is 0 Å². The van der Waals surface area contributed by atoms with Gasteiger partial charge < -0.3 is 5.32 Å². The Hall–Kier alpha value is -2.05. The zero-order valence-corrected chi connectivity index (χ0v) is 15.4. The molecule has 0 saturated carbocycles. The Morgan fingerprint density at radius 2 is 2.00 bits per heavy atom. The van der Waals surface area contributed by atoms with Gasteiger partial charge in [0.25, 0.3) is 5.91 Å². The van der Waals surface area contributed by atoms with Crippen molar-refractivity contribution >= 4 is 38.9 Å². The van der Waals surface area contributed by atoms with Crippen molar-refractivity contribution in [3.63, 3.8) is 0 Å². The number of amides is 1. The van der Waals surface area contributed by atoms with Crippen molar-refractivity contribution in [3.8, 4) is 0 Å². The Morgan fingerprint density at radius 3 is 2.72 bits per heavy atom. The Kier molecular flexibility index (Phi) is 5.01. The van der Waals surface area contributed by atoms with E-state index in [4.69, 9.17) is 11.6 Å². The lowest BCUT2D eigenvalue weighted by atomic mass is 10.0.